The number of thiazole rings is 1. The van der Waals surface area contributed by atoms with Crippen molar-refractivity contribution in [3.8, 4) is 0 Å². The Balaban J connectivity index is 1.86. The third-order valence-corrected chi connectivity index (χ3v) is 4.37. The number of carbonyl (C=O) groups excluding carboxylic acids is 1. The van der Waals surface area contributed by atoms with Gasteiger partial charge in [-0.25, -0.2) is 4.98 Å². The fourth-order valence-corrected chi connectivity index (χ4v) is 3.16. The molecule has 2 heterocycles. The Hall–Kier alpha value is -1.46. The Morgan fingerprint density at radius 2 is 2.33 bits per heavy atom. The first-order valence-corrected chi connectivity index (χ1v) is 6.94. The molecule has 1 aromatic heterocycles. The molecule has 1 amide bonds. The minimum absolute atomic E-state index is 0.0398. The van der Waals surface area contributed by atoms with Gasteiger partial charge in [0.2, 0.25) is 5.91 Å². The lowest BCUT2D eigenvalue weighted by Gasteiger charge is -2.18. The number of fused-ring (bicyclic) bond motifs is 1. The van der Waals surface area contributed by atoms with Crippen molar-refractivity contribution >= 4 is 32.6 Å². The maximum Gasteiger partial charge on any atom is 0.245 e. The number of benzene rings is 1. The molecule has 0 radical (unpaired) electrons. The Morgan fingerprint density at radius 3 is 3.06 bits per heavy atom. The highest BCUT2D eigenvalue weighted by atomic mass is 32.1. The number of nitrogens with one attached hydrogen (secondary N) is 1. The van der Waals surface area contributed by atoms with Crippen LogP contribution in [0, 0.1) is 0 Å². The van der Waals surface area contributed by atoms with Gasteiger partial charge in [-0.05, 0) is 31.5 Å². The van der Waals surface area contributed by atoms with Crippen LogP contribution in [0.15, 0.2) is 24.3 Å². The summed E-state index contributed by atoms with van der Waals surface area (Å²) in [6.45, 7) is 0.935. The van der Waals surface area contributed by atoms with Crippen molar-refractivity contribution in [3.05, 3.63) is 24.3 Å². The van der Waals surface area contributed by atoms with E-state index in [4.69, 9.17) is 0 Å². The number of likely N-dealkylation sites (N-methyl/N-ethyl adjacent to an activating group) is 1. The second-order valence-electron chi connectivity index (χ2n) is 4.51. The number of nitrogens with zero attached hydrogens (tertiary/aromatic N) is 2. The highest BCUT2D eigenvalue weighted by molar-refractivity contribution is 7.22. The average Bonchev–Trinajstić information content (AvgIpc) is 3.05. The predicted octanol–water partition coefficient (Wildman–Crippen LogP) is 2.01. The van der Waals surface area contributed by atoms with E-state index < -0.39 is 0 Å². The monoisotopic (exact) mass is 261 g/mol. The zero-order valence-corrected chi connectivity index (χ0v) is 11.0. The molecule has 3 rings (SSSR count). The van der Waals surface area contributed by atoms with Gasteiger partial charge in [0.05, 0.1) is 16.3 Å². The Morgan fingerprint density at radius 1 is 1.50 bits per heavy atom. The first kappa shape index (κ1) is 11.6. The van der Waals surface area contributed by atoms with E-state index in [0.29, 0.717) is 0 Å². The summed E-state index contributed by atoms with van der Waals surface area (Å²) in [5.74, 6) is 0.117. The van der Waals surface area contributed by atoms with Gasteiger partial charge in [-0.3, -0.25) is 9.69 Å². The summed E-state index contributed by atoms with van der Waals surface area (Å²) in [7, 11) is 1.81. The minimum Gasteiger partial charge on any atom is -0.306 e. The van der Waals surface area contributed by atoms with Crippen LogP contribution >= 0.6 is 11.3 Å². The molecule has 0 unspecified atom stereocenters. The van der Waals surface area contributed by atoms with Crippen LogP contribution in [-0.4, -0.2) is 30.5 Å². The van der Waals surface area contributed by atoms with Crippen molar-refractivity contribution in [2.75, 3.05) is 18.5 Å². The van der Waals surface area contributed by atoms with Crippen LogP contribution in [0.2, 0.25) is 0 Å². The number of para-hydroxylation sites is 1. The summed E-state index contributed by atoms with van der Waals surface area (Å²) in [5.41, 5.74) is 0.955. The summed E-state index contributed by atoms with van der Waals surface area (Å²) >= 11 is 1.56. The number of rotatable bonds is 2. The molecular weight excluding hydrogens is 246 g/mol. The summed E-state index contributed by atoms with van der Waals surface area (Å²) in [6.07, 6.45) is 2.00. The van der Waals surface area contributed by atoms with Gasteiger partial charge in [-0.15, -0.1) is 0 Å². The van der Waals surface area contributed by atoms with E-state index in [0.717, 1.165) is 34.7 Å². The molecule has 94 valence electrons. The quantitative estimate of drug-likeness (QED) is 0.899. The number of hydrogen-bond donors (Lipinski definition) is 1. The maximum atomic E-state index is 12.3. The minimum atomic E-state index is -0.0398. The van der Waals surface area contributed by atoms with E-state index in [2.05, 4.69) is 10.3 Å². The van der Waals surface area contributed by atoms with Gasteiger partial charge >= 0.3 is 0 Å². The number of amides is 1. The highest BCUT2D eigenvalue weighted by Crippen LogP contribution is 2.28. The summed E-state index contributed by atoms with van der Waals surface area (Å²) < 4.78 is 1.12. The molecule has 0 saturated carbocycles. The highest BCUT2D eigenvalue weighted by Gasteiger charge is 2.26. The zero-order valence-electron chi connectivity index (χ0n) is 10.2. The average molecular weight is 261 g/mol. The largest absolute Gasteiger partial charge is 0.306 e. The van der Waals surface area contributed by atoms with Crippen LogP contribution in [0.25, 0.3) is 10.2 Å². The predicted molar refractivity (Wildman–Crippen MR) is 74.1 cm³/mol. The summed E-state index contributed by atoms with van der Waals surface area (Å²) in [4.78, 5) is 18.4. The topological polar surface area (TPSA) is 45.2 Å². The molecule has 0 bridgehead atoms. The normalized spacial score (nSPS) is 19.3. The number of hydrogen-bond acceptors (Lipinski definition) is 4. The van der Waals surface area contributed by atoms with Gasteiger partial charge in [-0.1, -0.05) is 23.5 Å². The van der Waals surface area contributed by atoms with Crippen molar-refractivity contribution in [1.29, 1.82) is 0 Å². The van der Waals surface area contributed by atoms with Crippen LogP contribution < -0.4 is 10.2 Å². The zero-order chi connectivity index (χ0) is 12.5. The van der Waals surface area contributed by atoms with E-state index in [9.17, 15) is 4.79 Å². The molecule has 18 heavy (non-hydrogen) atoms. The lowest BCUT2D eigenvalue weighted by Crippen LogP contribution is -2.41. The molecule has 0 spiro atoms. The molecule has 0 aliphatic carbocycles. The summed E-state index contributed by atoms with van der Waals surface area (Å²) in [6, 6.07) is 7.92. The third kappa shape index (κ3) is 2.00. The van der Waals surface area contributed by atoms with E-state index >= 15 is 0 Å². The lowest BCUT2D eigenvalue weighted by atomic mass is 10.2. The fourth-order valence-electron chi connectivity index (χ4n) is 2.23. The lowest BCUT2D eigenvalue weighted by molar-refractivity contribution is -0.119. The van der Waals surface area contributed by atoms with Gasteiger partial charge in [0, 0.05) is 7.05 Å². The van der Waals surface area contributed by atoms with E-state index in [1.807, 2.05) is 24.3 Å². The van der Waals surface area contributed by atoms with Gasteiger partial charge in [0.25, 0.3) is 0 Å². The van der Waals surface area contributed by atoms with Crippen molar-refractivity contribution in [3.63, 3.8) is 0 Å². The number of aromatic nitrogens is 1. The van der Waals surface area contributed by atoms with Crippen LogP contribution in [-0.2, 0) is 4.79 Å². The van der Waals surface area contributed by atoms with Crippen LogP contribution in [0.1, 0.15) is 12.8 Å². The second kappa shape index (κ2) is 4.66. The summed E-state index contributed by atoms with van der Waals surface area (Å²) in [5, 5.41) is 4.00. The molecule has 1 saturated heterocycles. The van der Waals surface area contributed by atoms with Gasteiger partial charge in [-0.2, -0.15) is 0 Å². The standard InChI is InChI=1S/C13H15N3OS/c1-16(12(17)10-6-4-8-14-10)13-15-9-5-2-3-7-11(9)18-13/h2-3,5,7,10,14H,4,6,8H2,1H3/t10-/m0/s1. The van der Waals surface area contributed by atoms with E-state index in [-0.39, 0.29) is 11.9 Å². The fraction of sp³-hybridized carbons (Fsp3) is 0.385. The molecule has 1 aliphatic rings. The molecule has 1 N–H and O–H groups in total. The first-order valence-electron chi connectivity index (χ1n) is 6.12. The molecule has 1 atom stereocenters. The third-order valence-electron chi connectivity index (χ3n) is 3.26. The van der Waals surface area contributed by atoms with E-state index in [1.54, 1.807) is 23.3 Å². The Labute approximate surface area is 110 Å². The molecular formula is C13H15N3OS. The van der Waals surface area contributed by atoms with Crippen molar-refractivity contribution in [2.45, 2.75) is 18.9 Å². The maximum absolute atomic E-state index is 12.3. The molecule has 5 heteroatoms. The van der Waals surface area contributed by atoms with Gasteiger partial charge in [0.15, 0.2) is 5.13 Å². The molecule has 1 aliphatic heterocycles. The second-order valence-corrected chi connectivity index (χ2v) is 5.52. The van der Waals surface area contributed by atoms with Crippen molar-refractivity contribution in [1.82, 2.24) is 10.3 Å². The SMILES string of the molecule is CN(C(=O)[C@@H]1CCCN1)c1nc2ccccc2s1. The van der Waals surface area contributed by atoms with Gasteiger partial charge < -0.3 is 5.32 Å². The Bertz CT molecular complexity index is 541. The smallest absolute Gasteiger partial charge is 0.245 e. The van der Waals surface area contributed by atoms with E-state index in [1.165, 1.54) is 0 Å². The Kier molecular flexibility index (Phi) is 3.01. The van der Waals surface area contributed by atoms with Crippen LogP contribution in [0.3, 0.4) is 0 Å². The molecule has 1 aromatic carbocycles. The molecule has 1 fully saturated rings. The van der Waals surface area contributed by atoms with Crippen molar-refractivity contribution in [2.24, 2.45) is 0 Å². The van der Waals surface area contributed by atoms with Gasteiger partial charge in [0.1, 0.15) is 0 Å². The van der Waals surface area contributed by atoms with Crippen LogP contribution in [0.4, 0.5) is 5.13 Å². The van der Waals surface area contributed by atoms with Crippen LogP contribution in [0.5, 0.6) is 0 Å². The van der Waals surface area contributed by atoms with Crippen molar-refractivity contribution < 1.29 is 4.79 Å². The molecule has 4 nitrogen and oxygen atoms in total. The first-order chi connectivity index (χ1) is 8.75. The number of anilines is 1. The number of carbonyl (C=O) groups is 1. The molecule has 2 aromatic rings.